The van der Waals surface area contributed by atoms with Crippen LogP contribution >= 0.6 is 0 Å². The quantitative estimate of drug-likeness (QED) is 0.553. The Morgan fingerprint density at radius 3 is 2.52 bits per heavy atom. The van der Waals surface area contributed by atoms with Crippen LogP contribution in [0.4, 0.5) is 17.3 Å². The molecule has 1 unspecified atom stereocenters. The number of rotatable bonds is 7. The molecule has 9 nitrogen and oxygen atoms in total. The monoisotopic (exact) mass is 465 g/mol. The van der Waals surface area contributed by atoms with Gasteiger partial charge in [0.25, 0.3) is 10.0 Å². The fourth-order valence-electron chi connectivity index (χ4n) is 3.57. The van der Waals surface area contributed by atoms with Crippen LogP contribution in [-0.4, -0.2) is 36.7 Å². The maximum Gasteiger partial charge on any atom is 0.264 e. The van der Waals surface area contributed by atoms with Crippen LogP contribution in [0.3, 0.4) is 0 Å². The minimum Gasteiger partial charge on any atom is -0.326 e. The van der Waals surface area contributed by atoms with Crippen LogP contribution in [-0.2, 0) is 26.0 Å². The molecule has 170 valence electrons. The lowest BCUT2D eigenvalue weighted by Gasteiger charge is -2.17. The van der Waals surface area contributed by atoms with Gasteiger partial charge in [0.2, 0.25) is 17.8 Å². The Labute approximate surface area is 191 Å². The molecule has 1 aliphatic heterocycles. The van der Waals surface area contributed by atoms with E-state index in [9.17, 15) is 18.0 Å². The number of hydrogen-bond donors (Lipinski definition) is 2. The van der Waals surface area contributed by atoms with E-state index in [1.54, 1.807) is 11.0 Å². The van der Waals surface area contributed by atoms with Gasteiger partial charge in [0, 0.05) is 36.7 Å². The largest absolute Gasteiger partial charge is 0.326 e. The first-order valence-electron chi connectivity index (χ1n) is 10.5. The zero-order valence-electron chi connectivity index (χ0n) is 17.9. The molecule has 1 aliphatic rings. The predicted molar refractivity (Wildman–Crippen MR) is 124 cm³/mol. The molecule has 2 N–H and O–H groups in total. The summed E-state index contributed by atoms with van der Waals surface area (Å²) < 4.78 is 27.2. The van der Waals surface area contributed by atoms with Crippen molar-refractivity contribution in [1.29, 1.82) is 0 Å². The molecule has 3 aromatic rings. The summed E-state index contributed by atoms with van der Waals surface area (Å²) >= 11 is 0. The molecule has 1 atom stereocenters. The van der Waals surface area contributed by atoms with Gasteiger partial charge in [0.05, 0.1) is 10.8 Å². The van der Waals surface area contributed by atoms with E-state index < -0.39 is 15.9 Å². The molecule has 1 fully saturated rings. The number of nitrogens with one attached hydrogen (secondary N) is 2. The average Bonchev–Trinajstić information content (AvgIpc) is 3.21. The van der Waals surface area contributed by atoms with Gasteiger partial charge in [-0.25, -0.2) is 23.1 Å². The Bertz CT molecular complexity index is 1260. The summed E-state index contributed by atoms with van der Waals surface area (Å²) in [6.45, 7) is 2.34. The number of sulfonamides is 1. The molecular weight excluding hydrogens is 442 g/mol. The van der Waals surface area contributed by atoms with Crippen LogP contribution in [0.1, 0.15) is 18.9 Å². The number of anilines is 3. The molecule has 1 aromatic heterocycles. The average molecular weight is 466 g/mol. The van der Waals surface area contributed by atoms with Crippen LogP contribution in [0.15, 0.2) is 71.9 Å². The number of carbonyl (C=O) groups excluding carboxylic acids is 2. The molecule has 2 amide bonds. The number of nitrogens with zero attached hydrogens (tertiary/aromatic N) is 3. The second-order valence-corrected chi connectivity index (χ2v) is 9.30. The molecule has 1 saturated heterocycles. The minimum atomic E-state index is -3.86. The van der Waals surface area contributed by atoms with E-state index >= 15 is 0 Å². The van der Waals surface area contributed by atoms with E-state index in [1.807, 2.05) is 31.2 Å². The van der Waals surface area contributed by atoms with Gasteiger partial charge in [-0.05, 0) is 54.4 Å². The maximum atomic E-state index is 12.7. The highest BCUT2D eigenvalue weighted by atomic mass is 32.2. The number of benzene rings is 2. The van der Waals surface area contributed by atoms with Gasteiger partial charge in [-0.3, -0.25) is 9.59 Å². The number of hydrogen-bond acceptors (Lipinski definition) is 6. The molecule has 0 radical (unpaired) electrons. The third-order valence-electron chi connectivity index (χ3n) is 5.35. The Morgan fingerprint density at radius 2 is 1.82 bits per heavy atom. The lowest BCUT2D eigenvalue weighted by molar-refractivity contribution is -0.122. The van der Waals surface area contributed by atoms with Crippen molar-refractivity contribution < 1.29 is 18.0 Å². The van der Waals surface area contributed by atoms with Crippen molar-refractivity contribution in [3.63, 3.8) is 0 Å². The molecule has 2 heterocycles. The molecule has 2 aromatic carbocycles. The highest BCUT2D eigenvalue weighted by molar-refractivity contribution is 7.92. The second-order valence-electron chi connectivity index (χ2n) is 7.62. The second kappa shape index (κ2) is 9.37. The van der Waals surface area contributed by atoms with Gasteiger partial charge in [-0.2, -0.15) is 0 Å². The Kier molecular flexibility index (Phi) is 6.36. The number of aryl methyl sites for hydroxylation is 1. The smallest absolute Gasteiger partial charge is 0.264 e. The summed E-state index contributed by atoms with van der Waals surface area (Å²) in [6, 6.07) is 15.1. The third kappa shape index (κ3) is 5.17. The molecule has 0 bridgehead atoms. The summed E-state index contributed by atoms with van der Waals surface area (Å²) in [5.41, 5.74) is 2.35. The van der Waals surface area contributed by atoms with Gasteiger partial charge in [0.1, 0.15) is 0 Å². The Morgan fingerprint density at radius 1 is 1.09 bits per heavy atom. The third-order valence-corrected chi connectivity index (χ3v) is 6.69. The van der Waals surface area contributed by atoms with Gasteiger partial charge >= 0.3 is 0 Å². The van der Waals surface area contributed by atoms with Gasteiger partial charge in [-0.15, -0.1) is 0 Å². The van der Waals surface area contributed by atoms with E-state index in [-0.39, 0.29) is 29.1 Å². The standard InChI is InChI=1S/C23H23N5O4S/c1-2-16-5-3-6-19(13-16)28-15-17(14-21(28)29)22(30)26-18-7-9-20(10-8-18)33(31,32)27-23-24-11-4-12-25-23/h3-13,17H,2,14-15H2,1H3,(H,26,30)(H,24,25,27). The van der Waals surface area contributed by atoms with Gasteiger partial charge < -0.3 is 10.2 Å². The summed E-state index contributed by atoms with van der Waals surface area (Å²) in [7, 11) is -3.86. The minimum absolute atomic E-state index is 0.00553. The molecule has 0 spiro atoms. The van der Waals surface area contributed by atoms with Crippen molar-refractivity contribution in [2.24, 2.45) is 5.92 Å². The first kappa shape index (κ1) is 22.4. The summed E-state index contributed by atoms with van der Waals surface area (Å²) in [4.78, 5) is 34.6. The van der Waals surface area contributed by atoms with Gasteiger partial charge in [-0.1, -0.05) is 19.1 Å². The van der Waals surface area contributed by atoms with Crippen molar-refractivity contribution >= 4 is 39.2 Å². The fraction of sp³-hybridized carbons (Fsp3) is 0.217. The lowest BCUT2D eigenvalue weighted by Crippen LogP contribution is -2.28. The maximum absolute atomic E-state index is 12.7. The normalized spacial score (nSPS) is 16.0. The van der Waals surface area contributed by atoms with Crippen molar-refractivity contribution in [3.8, 4) is 0 Å². The molecule has 33 heavy (non-hydrogen) atoms. The molecule has 0 saturated carbocycles. The summed E-state index contributed by atoms with van der Waals surface area (Å²) in [6.07, 6.45) is 3.84. The lowest BCUT2D eigenvalue weighted by atomic mass is 10.1. The van der Waals surface area contributed by atoms with E-state index in [2.05, 4.69) is 20.0 Å². The molecule has 10 heteroatoms. The van der Waals surface area contributed by atoms with E-state index in [1.165, 1.54) is 36.7 Å². The Balaban J connectivity index is 1.40. The first-order chi connectivity index (χ1) is 15.9. The molecule has 0 aliphatic carbocycles. The number of carbonyl (C=O) groups is 2. The molecule has 4 rings (SSSR count). The summed E-state index contributed by atoms with van der Waals surface area (Å²) in [5, 5.41) is 2.77. The fourth-order valence-corrected chi connectivity index (χ4v) is 4.53. The number of amides is 2. The SMILES string of the molecule is CCc1cccc(N2CC(C(=O)Nc3ccc(S(=O)(=O)Nc4ncccn4)cc3)CC2=O)c1. The van der Waals surface area contributed by atoms with Crippen molar-refractivity contribution in [1.82, 2.24) is 9.97 Å². The van der Waals surface area contributed by atoms with Crippen LogP contribution < -0.4 is 14.9 Å². The van der Waals surface area contributed by atoms with Crippen molar-refractivity contribution in [3.05, 3.63) is 72.6 Å². The highest BCUT2D eigenvalue weighted by Crippen LogP contribution is 2.27. The van der Waals surface area contributed by atoms with Crippen LogP contribution in [0.5, 0.6) is 0 Å². The topological polar surface area (TPSA) is 121 Å². The van der Waals surface area contributed by atoms with E-state index in [0.29, 0.717) is 12.2 Å². The highest BCUT2D eigenvalue weighted by Gasteiger charge is 2.35. The first-order valence-corrected chi connectivity index (χ1v) is 11.9. The van der Waals surface area contributed by atoms with Crippen LogP contribution in [0, 0.1) is 5.92 Å². The van der Waals surface area contributed by atoms with Crippen molar-refractivity contribution in [2.75, 3.05) is 21.5 Å². The summed E-state index contributed by atoms with van der Waals surface area (Å²) in [5.74, 6) is -0.916. The van der Waals surface area contributed by atoms with Crippen LogP contribution in [0.2, 0.25) is 0 Å². The van der Waals surface area contributed by atoms with E-state index in [0.717, 1.165) is 17.7 Å². The van der Waals surface area contributed by atoms with Crippen molar-refractivity contribution in [2.45, 2.75) is 24.7 Å². The van der Waals surface area contributed by atoms with Crippen LogP contribution in [0.25, 0.3) is 0 Å². The number of aromatic nitrogens is 2. The molecular formula is C23H23N5O4S. The zero-order valence-corrected chi connectivity index (χ0v) is 18.7. The van der Waals surface area contributed by atoms with E-state index in [4.69, 9.17) is 0 Å². The Hall–Kier alpha value is -3.79. The zero-order chi connectivity index (χ0) is 23.4. The van der Waals surface area contributed by atoms with Gasteiger partial charge in [0.15, 0.2) is 0 Å². The predicted octanol–water partition coefficient (Wildman–Crippen LogP) is 2.83.